The third-order valence-electron chi connectivity index (χ3n) is 3.98. The van der Waals surface area contributed by atoms with E-state index in [1.165, 1.54) is 0 Å². The van der Waals surface area contributed by atoms with Crippen molar-refractivity contribution in [3.8, 4) is 34.5 Å². The lowest BCUT2D eigenvalue weighted by Gasteiger charge is -2.10. The van der Waals surface area contributed by atoms with Gasteiger partial charge in [0.05, 0.1) is 11.6 Å². The number of rotatable bonds is 3. The molecule has 0 amide bonds. The molecule has 0 aliphatic carbocycles. The van der Waals surface area contributed by atoms with E-state index in [0.717, 1.165) is 28.5 Å². The van der Waals surface area contributed by atoms with Crippen molar-refractivity contribution in [2.45, 2.75) is 0 Å². The smallest absolute Gasteiger partial charge is 0.168 e. The molecule has 25 heavy (non-hydrogen) atoms. The van der Waals surface area contributed by atoms with E-state index in [-0.39, 0.29) is 0 Å². The molecule has 0 aliphatic heterocycles. The average molecular weight is 322 g/mol. The van der Waals surface area contributed by atoms with Crippen LogP contribution in [0.25, 0.3) is 28.5 Å². The van der Waals surface area contributed by atoms with Crippen molar-refractivity contribution in [1.29, 1.82) is 5.26 Å². The summed E-state index contributed by atoms with van der Waals surface area (Å²) >= 11 is 0. The second-order valence-electron chi connectivity index (χ2n) is 5.57. The number of nitrogens with zero attached hydrogens (tertiary/aromatic N) is 4. The first kappa shape index (κ1) is 14.9. The Morgan fingerprint density at radius 2 is 1.16 bits per heavy atom. The van der Waals surface area contributed by atoms with Crippen LogP contribution < -0.4 is 0 Å². The van der Waals surface area contributed by atoms with E-state index in [4.69, 9.17) is 5.26 Å². The first-order chi connectivity index (χ1) is 12.4. The van der Waals surface area contributed by atoms with Gasteiger partial charge >= 0.3 is 0 Å². The van der Waals surface area contributed by atoms with Crippen LogP contribution in [0.15, 0.2) is 84.9 Å². The number of nitriles is 1. The fourth-order valence-electron chi connectivity index (χ4n) is 2.76. The minimum atomic E-state index is 0.623. The molecule has 0 spiro atoms. The molecule has 3 aromatic carbocycles. The Morgan fingerprint density at radius 1 is 0.640 bits per heavy atom. The predicted molar refractivity (Wildman–Crippen MR) is 96.9 cm³/mol. The van der Waals surface area contributed by atoms with Gasteiger partial charge in [0.15, 0.2) is 11.6 Å². The van der Waals surface area contributed by atoms with Crippen LogP contribution >= 0.6 is 0 Å². The molecule has 1 aromatic heterocycles. The Hall–Kier alpha value is -3.71. The molecule has 0 N–H and O–H groups in total. The minimum absolute atomic E-state index is 0.623. The summed E-state index contributed by atoms with van der Waals surface area (Å²) in [5.41, 5.74) is 3.53. The zero-order chi connectivity index (χ0) is 17.1. The summed E-state index contributed by atoms with van der Waals surface area (Å²) in [5.74, 6) is 1.53. The molecule has 4 heteroatoms. The van der Waals surface area contributed by atoms with E-state index in [0.29, 0.717) is 5.56 Å². The highest BCUT2D eigenvalue weighted by Crippen LogP contribution is 2.28. The number of hydrogen-bond donors (Lipinski definition) is 0. The van der Waals surface area contributed by atoms with Gasteiger partial charge < -0.3 is 0 Å². The summed E-state index contributed by atoms with van der Waals surface area (Å²) in [7, 11) is 0. The lowest BCUT2D eigenvalue weighted by molar-refractivity contribution is 1.07. The minimum Gasteiger partial charge on any atom is -0.275 e. The third kappa shape index (κ3) is 2.79. The van der Waals surface area contributed by atoms with E-state index >= 15 is 0 Å². The summed E-state index contributed by atoms with van der Waals surface area (Å²) in [5, 5.41) is 17.9. The van der Waals surface area contributed by atoms with Crippen LogP contribution in [0.2, 0.25) is 0 Å². The zero-order valence-corrected chi connectivity index (χ0v) is 13.4. The number of benzene rings is 3. The molecule has 0 saturated carbocycles. The summed E-state index contributed by atoms with van der Waals surface area (Å²) in [6.45, 7) is 0. The van der Waals surface area contributed by atoms with Gasteiger partial charge in [0.2, 0.25) is 0 Å². The number of hydrogen-bond acceptors (Lipinski definition) is 3. The lowest BCUT2D eigenvalue weighted by atomic mass is 10.1. The van der Waals surface area contributed by atoms with Crippen LogP contribution in [0.5, 0.6) is 0 Å². The van der Waals surface area contributed by atoms with Gasteiger partial charge in [-0.1, -0.05) is 48.5 Å². The fraction of sp³-hybridized carbons (Fsp3) is 0. The Bertz CT molecular complexity index is 1030. The van der Waals surface area contributed by atoms with Gasteiger partial charge in [-0.2, -0.15) is 5.26 Å². The summed E-state index contributed by atoms with van der Waals surface area (Å²) in [6.07, 6.45) is 0. The van der Waals surface area contributed by atoms with Crippen molar-refractivity contribution in [1.82, 2.24) is 14.8 Å². The van der Waals surface area contributed by atoms with Gasteiger partial charge in [0.1, 0.15) is 0 Å². The SMILES string of the molecule is N#Cc1ccc(-c2nnc(-c3ccccc3)n2-c2ccccc2)cc1. The monoisotopic (exact) mass is 322 g/mol. The molecule has 0 fully saturated rings. The van der Waals surface area contributed by atoms with Crippen LogP contribution in [0.1, 0.15) is 5.56 Å². The zero-order valence-electron chi connectivity index (χ0n) is 13.4. The van der Waals surface area contributed by atoms with Crippen molar-refractivity contribution in [3.05, 3.63) is 90.5 Å². The Labute approximate surface area is 145 Å². The lowest BCUT2D eigenvalue weighted by Crippen LogP contribution is -2.00. The number of para-hydroxylation sites is 1. The van der Waals surface area contributed by atoms with Crippen molar-refractivity contribution in [2.24, 2.45) is 0 Å². The highest BCUT2D eigenvalue weighted by atomic mass is 15.3. The maximum absolute atomic E-state index is 9.00. The van der Waals surface area contributed by atoms with Crippen molar-refractivity contribution in [2.75, 3.05) is 0 Å². The van der Waals surface area contributed by atoms with Crippen LogP contribution in [0.4, 0.5) is 0 Å². The highest BCUT2D eigenvalue weighted by Gasteiger charge is 2.16. The van der Waals surface area contributed by atoms with Crippen molar-refractivity contribution < 1.29 is 0 Å². The fourth-order valence-corrected chi connectivity index (χ4v) is 2.76. The first-order valence-corrected chi connectivity index (χ1v) is 7.93. The molecule has 0 bridgehead atoms. The van der Waals surface area contributed by atoms with Crippen LogP contribution in [-0.4, -0.2) is 14.8 Å². The average Bonchev–Trinajstić information content (AvgIpc) is 3.14. The molecule has 0 saturated heterocycles. The van der Waals surface area contributed by atoms with E-state index in [1.807, 2.05) is 77.4 Å². The predicted octanol–water partition coefficient (Wildman–Crippen LogP) is 4.47. The van der Waals surface area contributed by atoms with Crippen molar-refractivity contribution in [3.63, 3.8) is 0 Å². The Kier molecular flexibility index (Phi) is 3.82. The first-order valence-electron chi connectivity index (χ1n) is 7.93. The highest BCUT2D eigenvalue weighted by molar-refractivity contribution is 5.67. The van der Waals surface area contributed by atoms with E-state index in [9.17, 15) is 0 Å². The normalized spacial score (nSPS) is 10.4. The van der Waals surface area contributed by atoms with Gasteiger partial charge in [-0.15, -0.1) is 10.2 Å². The molecule has 4 aromatic rings. The van der Waals surface area contributed by atoms with Crippen molar-refractivity contribution >= 4 is 0 Å². The molecule has 0 atom stereocenters. The molecule has 0 aliphatic rings. The molecule has 4 rings (SSSR count). The summed E-state index contributed by atoms with van der Waals surface area (Å²) < 4.78 is 2.04. The third-order valence-corrected chi connectivity index (χ3v) is 3.98. The van der Waals surface area contributed by atoms with Crippen LogP contribution in [0.3, 0.4) is 0 Å². The summed E-state index contributed by atoms with van der Waals surface area (Å²) in [4.78, 5) is 0. The van der Waals surface area contributed by atoms with E-state index in [2.05, 4.69) is 16.3 Å². The molecule has 4 nitrogen and oxygen atoms in total. The van der Waals surface area contributed by atoms with Gasteiger partial charge in [-0.25, -0.2) is 0 Å². The quantitative estimate of drug-likeness (QED) is 0.559. The standard InChI is InChI=1S/C21H14N4/c22-15-16-11-13-18(14-12-16)21-24-23-20(17-7-3-1-4-8-17)25(21)19-9-5-2-6-10-19/h1-14H. The second-order valence-corrected chi connectivity index (χ2v) is 5.57. The van der Waals surface area contributed by atoms with E-state index < -0.39 is 0 Å². The molecular formula is C21H14N4. The molecular weight excluding hydrogens is 308 g/mol. The maximum atomic E-state index is 9.00. The van der Waals surface area contributed by atoms with Gasteiger partial charge in [-0.05, 0) is 36.4 Å². The van der Waals surface area contributed by atoms with Crippen LogP contribution in [0, 0.1) is 11.3 Å². The van der Waals surface area contributed by atoms with Gasteiger partial charge in [0.25, 0.3) is 0 Å². The summed E-state index contributed by atoms with van der Waals surface area (Å²) in [6, 6.07) is 29.5. The van der Waals surface area contributed by atoms with Gasteiger partial charge in [-0.3, -0.25) is 4.57 Å². The number of aromatic nitrogens is 3. The largest absolute Gasteiger partial charge is 0.275 e. The Morgan fingerprint density at radius 3 is 1.72 bits per heavy atom. The Balaban J connectivity index is 1.93. The molecule has 0 radical (unpaired) electrons. The second kappa shape index (κ2) is 6.42. The molecule has 0 unspecified atom stereocenters. The van der Waals surface area contributed by atoms with Gasteiger partial charge in [0, 0.05) is 16.8 Å². The van der Waals surface area contributed by atoms with E-state index in [1.54, 1.807) is 12.1 Å². The van der Waals surface area contributed by atoms with Crippen LogP contribution in [-0.2, 0) is 0 Å². The molecule has 1 heterocycles. The topological polar surface area (TPSA) is 54.5 Å². The molecule has 118 valence electrons. The maximum Gasteiger partial charge on any atom is 0.168 e.